The molecule has 1 rings (SSSR count). The number of aromatic nitrogens is 2. The molecule has 1 heterocycles. The lowest BCUT2D eigenvalue weighted by atomic mass is 10.1. The molecule has 0 radical (unpaired) electrons. The summed E-state index contributed by atoms with van der Waals surface area (Å²) in [6.07, 6.45) is 1.87. The minimum Gasteiger partial charge on any atom is -0.472 e. The van der Waals surface area contributed by atoms with Gasteiger partial charge in [0.25, 0.3) is 5.88 Å². The molecule has 0 spiro atoms. The van der Waals surface area contributed by atoms with Crippen molar-refractivity contribution < 1.29 is 4.74 Å². The van der Waals surface area contributed by atoms with Crippen LogP contribution in [0.4, 0.5) is 5.69 Å². The van der Waals surface area contributed by atoms with Gasteiger partial charge in [0, 0.05) is 7.05 Å². The molecule has 1 atom stereocenters. The van der Waals surface area contributed by atoms with E-state index >= 15 is 0 Å². The van der Waals surface area contributed by atoms with Gasteiger partial charge >= 0.3 is 0 Å². The van der Waals surface area contributed by atoms with Crippen molar-refractivity contribution in [3.63, 3.8) is 0 Å². The Labute approximate surface area is 90.8 Å². The molecule has 1 unspecified atom stereocenters. The van der Waals surface area contributed by atoms with Gasteiger partial charge in [-0.1, -0.05) is 13.8 Å². The van der Waals surface area contributed by atoms with Gasteiger partial charge in [-0.2, -0.15) is 0 Å². The Morgan fingerprint density at radius 1 is 1.43 bits per heavy atom. The monoisotopic (exact) mass is 219 g/mol. The van der Waals surface area contributed by atoms with Crippen molar-refractivity contribution in [3.8, 4) is 5.88 Å². The molecule has 4 nitrogen and oxygen atoms in total. The van der Waals surface area contributed by atoms with Crippen molar-refractivity contribution in [3.05, 3.63) is 6.20 Å². The second-order valence-electron chi connectivity index (χ2n) is 3.63. The number of anilines is 1. The van der Waals surface area contributed by atoms with Gasteiger partial charge in [0.15, 0.2) is 0 Å². The quantitative estimate of drug-likeness (QED) is 0.844. The maximum absolute atomic E-state index is 5.68. The number of nitrogens with two attached hydrogens (primary N) is 1. The molecule has 0 fully saturated rings. The molecule has 0 bridgehead atoms. The SMILES string of the molecule is CC(C)C(C)Oc1nn(C)cc1N.Cl. The van der Waals surface area contributed by atoms with E-state index in [0.717, 1.165) is 0 Å². The number of rotatable bonds is 3. The highest BCUT2D eigenvalue weighted by Crippen LogP contribution is 2.20. The van der Waals surface area contributed by atoms with Gasteiger partial charge in [-0.15, -0.1) is 17.5 Å². The molecule has 0 aromatic carbocycles. The van der Waals surface area contributed by atoms with E-state index in [1.807, 2.05) is 14.0 Å². The smallest absolute Gasteiger partial charge is 0.256 e. The van der Waals surface area contributed by atoms with Gasteiger partial charge in [0.1, 0.15) is 11.8 Å². The Kier molecular flexibility index (Phi) is 4.77. The molecule has 2 N–H and O–H groups in total. The maximum Gasteiger partial charge on any atom is 0.256 e. The molecule has 0 amide bonds. The van der Waals surface area contributed by atoms with E-state index in [1.54, 1.807) is 10.9 Å². The van der Waals surface area contributed by atoms with Gasteiger partial charge in [-0.25, -0.2) is 0 Å². The minimum absolute atomic E-state index is 0. The first kappa shape index (κ1) is 13.1. The lowest BCUT2D eigenvalue weighted by Crippen LogP contribution is -2.19. The summed E-state index contributed by atoms with van der Waals surface area (Å²) >= 11 is 0. The molecule has 0 aliphatic carbocycles. The minimum atomic E-state index is 0. The zero-order chi connectivity index (χ0) is 10.0. The van der Waals surface area contributed by atoms with Crippen LogP contribution in [-0.4, -0.2) is 15.9 Å². The Bertz CT molecular complexity index is 286. The number of aryl methyl sites for hydroxylation is 1. The summed E-state index contributed by atoms with van der Waals surface area (Å²) in [5.74, 6) is 0.991. The van der Waals surface area contributed by atoms with Gasteiger partial charge < -0.3 is 10.5 Å². The Morgan fingerprint density at radius 2 is 2.00 bits per heavy atom. The normalized spacial score (nSPS) is 12.4. The Balaban J connectivity index is 0.00000169. The molecular weight excluding hydrogens is 202 g/mol. The summed E-state index contributed by atoms with van der Waals surface area (Å²) in [6, 6.07) is 0. The van der Waals surface area contributed by atoms with Crippen molar-refractivity contribution in [1.29, 1.82) is 0 Å². The highest BCUT2D eigenvalue weighted by molar-refractivity contribution is 5.85. The highest BCUT2D eigenvalue weighted by atomic mass is 35.5. The average Bonchev–Trinajstić information content (AvgIpc) is 2.30. The van der Waals surface area contributed by atoms with Crippen LogP contribution in [-0.2, 0) is 7.05 Å². The zero-order valence-electron chi connectivity index (χ0n) is 9.02. The van der Waals surface area contributed by atoms with Crippen molar-refractivity contribution in [2.75, 3.05) is 5.73 Å². The van der Waals surface area contributed by atoms with Gasteiger partial charge in [-0.05, 0) is 12.8 Å². The van der Waals surface area contributed by atoms with Crippen LogP contribution in [0.2, 0.25) is 0 Å². The van der Waals surface area contributed by atoms with Crippen molar-refractivity contribution in [1.82, 2.24) is 9.78 Å². The standard InChI is InChI=1S/C9H17N3O.ClH/c1-6(2)7(3)13-9-8(10)5-12(4)11-9;/h5-7H,10H2,1-4H3;1H. The van der Waals surface area contributed by atoms with Gasteiger partial charge in [0.2, 0.25) is 0 Å². The largest absolute Gasteiger partial charge is 0.472 e. The molecule has 0 saturated carbocycles. The summed E-state index contributed by atoms with van der Waals surface area (Å²) in [6.45, 7) is 6.21. The molecule has 0 aliphatic heterocycles. The van der Waals surface area contributed by atoms with E-state index < -0.39 is 0 Å². The predicted octanol–water partition coefficient (Wildman–Crippen LogP) is 1.85. The first-order valence-corrected chi connectivity index (χ1v) is 4.46. The summed E-state index contributed by atoms with van der Waals surface area (Å²) in [5, 5.41) is 4.10. The molecule has 1 aromatic heterocycles. The van der Waals surface area contributed by atoms with Crippen LogP contribution in [0.5, 0.6) is 5.88 Å². The molecule has 0 saturated heterocycles. The number of nitrogen functional groups attached to an aromatic ring is 1. The van der Waals surface area contributed by atoms with Crippen LogP contribution in [0, 0.1) is 5.92 Å². The maximum atomic E-state index is 5.68. The molecule has 5 heteroatoms. The van der Waals surface area contributed by atoms with Crippen LogP contribution in [0.3, 0.4) is 0 Å². The zero-order valence-corrected chi connectivity index (χ0v) is 9.84. The van der Waals surface area contributed by atoms with Crippen LogP contribution >= 0.6 is 12.4 Å². The van der Waals surface area contributed by atoms with Crippen LogP contribution in [0.1, 0.15) is 20.8 Å². The average molecular weight is 220 g/mol. The van der Waals surface area contributed by atoms with Crippen LogP contribution < -0.4 is 10.5 Å². The molecule has 82 valence electrons. The summed E-state index contributed by atoms with van der Waals surface area (Å²) in [5.41, 5.74) is 6.27. The van der Waals surface area contributed by atoms with Crippen LogP contribution in [0.25, 0.3) is 0 Å². The summed E-state index contributed by atoms with van der Waals surface area (Å²) in [7, 11) is 1.82. The molecular formula is C9H18ClN3O. The molecule has 1 aromatic rings. The van der Waals surface area contributed by atoms with Gasteiger partial charge in [-0.3, -0.25) is 4.68 Å². The lowest BCUT2D eigenvalue weighted by molar-refractivity contribution is 0.163. The van der Waals surface area contributed by atoms with Crippen molar-refractivity contribution >= 4 is 18.1 Å². The summed E-state index contributed by atoms with van der Waals surface area (Å²) < 4.78 is 7.22. The Hall–Kier alpha value is -0.900. The second kappa shape index (κ2) is 5.10. The fourth-order valence-electron chi connectivity index (χ4n) is 0.890. The predicted molar refractivity (Wildman–Crippen MR) is 59.8 cm³/mol. The molecule has 0 aliphatic rings. The number of ether oxygens (including phenoxy) is 1. The Morgan fingerprint density at radius 3 is 2.36 bits per heavy atom. The first-order chi connectivity index (χ1) is 6.00. The van der Waals surface area contributed by atoms with E-state index in [1.165, 1.54) is 0 Å². The van der Waals surface area contributed by atoms with Crippen LogP contribution in [0.15, 0.2) is 6.20 Å². The van der Waals surface area contributed by atoms with Gasteiger partial charge in [0.05, 0.1) is 6.20 Å². The van der Waals surface area contributed by atoms with Crippen molar-refractivity contribution in [2.45, 2.75) is 26.9 Å². The second-order valence-corrected chi connectivity index (χ2v) is 3.63. The van der Waals surface area contributed by atoms with E-state index in [9.17, 15) is 0 Å². The summed E-state index contributed by atoms with van der Waals surface area (Å²) in [4.78, 5) is 0. The molecule has 14 heavy (non-hydrogen) atoms. The third-order valence-electron chi connectivity index (χ3n) is 2.06. The number of halogens is 1. The van der Waals surface area contributed by atoms with E-state index in [-0.39, 0.29) is 18.5 Å². The van der Waals surface area contributed by atoms with E-state index in [2.05, 4.69) is 18.9 Å². The third-order valence-corrected chi connectivity index (χ3v) is 2.06. The number of nitrogens with zero attached hydrogens (tertiary/aromatic N) is 2. The number of hydrogen-bond donors (Lipinski definition) is 1. The topological polar surface area (TPSA) is 53.1 Å². The lowest BCUT2D eigenvalue weighted by Gasteiger charge is -2.16. The number of hydrogen-bond acceptors (Lipinski definition) is 3. The van der Waals surface area contributed by atoms with E-state index in [4.69, 9.17) is 10.5 Å². The fourth-order valence-corrected chi connectivity index (χ4v) is 0.890. The third kappa shape index (κ3) is 3.10. The first-order valence-electron chi connectivity index (χ1n) is 4.46. The van der Waals surface area contributed by atoms with Crippen molar-refractivity contribution in [2.24, 2.45) is 13.0 Å². The fraction of sp³-hybridized carbons (Fsp3) is 0.667. The van der Waals surface area contributed by atoms with E-state index in [0.29, 0.717) is 17.5 Å². The highest BCUT2D eigenvalue weighted by Gasteiger charge is 2.12.